The molecule has 1 N–H and O–H groups in total. The predicted molar refractivity (Wildman–Crippen MR) is 134 cm³/mol. The molecule has 0 bridgehead atoms. The number of aliphatic imine (C=N–C) groups is 1. The minimum absolute atomic E-state index is 0.0852. The minimum Gasteiger partial charge on any atom is -0.284 e. The van der Waals surface area contributed by atoms with Crippen LogP contribution in [0.4, 0.5) is 10.1 Å². The van der Waals surface area contributed by atoms with E-state index in [1.807, 2.05) is 0 Å². The van der Waals surface area contributed by atoms with Crippen LogP contribution in [0.5, 0.6) is 0 Å². The monoisotopic (exact) mass is 526 g/mol. The van der Waals surface area contributed by atoms with Crippen LogP contribution in [0, 0.1) is 5.82 Å². The van der Waals surface area contributed by atoms with Crippen LogP contribution in [-0.4, -0.2) is 29.1 Å². The third-order valence-corrected chi connectivity index (χ3v) is 10.3. The first kappa shape index (κ1) is 23.4. The number of fused-ring (bicyclic) bond motifs is 1. The minimum atomic E-state index is -4.05. The van der Waals surface area contributed by atoms with Gasteiger partial charge in [-0.15, -0.1) is 11.3 Å². The molecule has 1 aromatic heterocycles. The number of rotatable bonds is 6. The lowest BCUT2D eigenvalue weighted by molar-refractivity contribution is 0.596. The molecule has 3 aromatic carbocycles. The van der Waals surface area contributed by atoms with Gasteiger partial charge in [0, 0.05) is 28.7 Å². The normalized spacial score (nSPS) is 13.7. The van der Waals surface area contributed by atoms with Crippen molar-refractivity contribution < 1.29 is 21.2 Å². The van der Waals surface area contributed by atoms with E-state index in [-0.39, 0.29) is 25.5 Å². The largest absolute Gasteiger partial charge is 0.284 e. The number of sulfone groups is 1. The predicted octanol–water partition coefficient (Wildman–Crippen LogP) is 4.91. The summed E-state index contributed by atoms with van der Waals surface area (Å²) in [5.41, 5.74) is 3.20. The third kappa shape index (κ3) is 4.64. The van der Waals surface area contributed by atoms with Crippen molar-refractivity contribution in [3.05, 3.63) is 107 Å². The summed E-state index contributed by atoms with van der Waals surface area (Å²) < 4.78 is 68.0. The van der Waals surface area contributed by atoms with E-state index in [9.17, 15) is 21.2 Å². The quantitative estimate of drug-likeness (QED) is 0.386. The molecule has 10 heteroatoms. The number of halogens is 1. The lowest BCUT2D eigenvalue weighted by atomic mass is 9.93. The van der Waals surface area contributed by atoms with Crippen LogP contribution >= 0.6 is 11.3 Å². The molecule has 35 heavy (non-hydrogen) atoms. The van der Waals surface area contributed by atoms with Gasteiger partial charge in [0.1, 0.15) is 10.0 Å². The Kier molecular flexibility index (Phi) is 6.04. The molecular weight excluding hydrogens is 507 g/mol. The smallest absolute Gasteiger partial charge is 0.271 e. The molecule has 0 unspecified atom stereocenters. The van der Waals surface area contributed by atoms with Crippen molar-refractivity contribution in [2.75, 3.05) is 11.3 Å². The number of thiophene rings is 1. The summed E-state index contributed by atoms with van der Waals surface area (Å²) in [6.07, 6.45) is 0.706. The summed E-state index contributed by atoms with van der Waals surface area (Å²) in [5, 5.41) is 1.32. The zero-order valence-corrected chi connectivity index (χ0v) is 20.6. The molecule has 0 fully saturated rings. The van der Waals surface area contributed by atoms with Crippen molar-refractivity contribution in [3.8, 4) is 0 Å². The second-order valence-corrected chi connectivity index (χ2v) is 12.7. The first-order valence-electron chi connectivity index (χ1n) is 10.6. The Labute approximate surface area is 206 Å². The zero-order chi connectivity index (χ0) is 24.6. The van der Waals surface area contributed by atoms with Gasteiger partial charge in [0.2, 0.25) is 9.84 Å². The molecule has 5 rings (SSSR count). The van der Waals surface area contributed by atoms with Crippen LogP contribution in [-0.2, 0) is 26.3 Å². The van der Waals surface area contributed by atoms with Crippen molar-refractivity contribution in [2.24, 2.45) is 4.99 Å². The molecule has 0 radical (unpaired) electrons. The second kappa shape index (κ2) is 9.03. The summed E-state index contributed by atoms with van der Waals surface area (Å²) in [5.74, 6) is -0.367. The Morgan fingerprint density at radius 3 is 2.46 bits per heavy atom. The van der Waals surface area contributed by atoms with Gasteiger partial charge < -0.3 is 0 Å². The summed E-state index contributed by atoms with van der Waals surface area (Å²) in [6, 6.07) is 20.3. The third-order valence-electron chi connectivity index (χ3n) is 5.55. The lowest BCUT2D eigenvalue weighted by Gasteiger charge is -2.18. The zero-order valence-electron chi connectivity index (χ0n) is 18.2. The van der Waals surface area contributed by atoms with Gasteiger partial charge in [0.25, 0.3) is 10.0 Å². The van der Waals surface area contributed by atoms with E-state index in [1.54, 1.807) is 48.5 Å². The van der Waals surface area contributed by atoms with Gasteiger partial charge in [0.15, 0.2) is 0 Å². The van der Waals surface area contributed by atoms with Gasteiger partial charge in [-0.1, -0.05) is 36.4 Å². The molecule has 4 aromatic rings. The Balaban J connectivity index is 1.43. The standard InChI is InChI=1S/C25H19FN2O4S3/c26-19-10-9-17-11-12-27-25(23(17)14-19)18-5-4-6-20(13-18)28-35(31,32)24-15-22(16-33-24)34(29,30)21-7-2-1-3-8-21/h1-10,13-16,28H,11-12H2. The van der Waals surface area contributed by atoms with E-state index >= 15 is 0 Å². The van der Waals surface area contributed by atoms with Gasteiger partial charge >= 0.3 is 0 Å². The molecule has 178 valence electrons. The van der Waals surface area contributed by atoms with Crippen LogP contribution in [0.15, 0.2) is 103 Å². The van der Waals surface area contributed by atoms with Gasteiger partial charge in [-0.2, -0.15) is 0 Å². The van der Waals surface area contributed by atoms with E-state index < -0.39 is 19.9 Å². The average Bonchev–Trinajstić information content (AvgIpc) is 3.37. The van der Waals surface area contributed by atoms with Crippen molar-refractivity contribution in [2.45, 2.75) is 20.4 Å². The molecule has 0 atom stereocenters. The Morgan fingerprint density at radius 2 is 1.66 bits per heavy atom. The summed E-state index contributed by atoms with van der Waals surface area (Å²) in [7, 11) is -7.88. The maximum Gasteiger partial charge on any atom is 0.271 e. The lowest BCUT2D eigenvalue weighted by Crippen LogP contribution is -2.16. The highest BCUT2D eigenvalue weighted by Gasteiger charge is 2.24. The topological polar surface area (TPSA) is 92.7 Å². The van der Waals surface area contributed by atoms with Crippen LogP contribution in [0.2, 0.25) is 0 Å². The fraction of sp³-hybridized carbons (Fsp3) is 0.0800. The highest BCUT2D eigenvalue weighted by Crippen LogP contribution is 2.30. The summed E-state index contributed by atoms with van der Waals surface area (Å²) >= 11 is 0.827. The number of benzene rings is 3. The number of hydrogen-bond acceptors (Lipinski definition) is 6. The summed E-state index contributed by atoms with van der Waals surface area (Å²) in [4.78, 5) is 4.55. The van der Waals surface area contributed by atoms with E-state index in [1.165, 1.54) is 29.6 Å². The van der Waals surface area contributed by atoms with E-state index in [2.05, 4.69) is 9.71 Å². The van der Waals surface area contributed by atoms with Crippen LogP contribution in [0.25, 0.3) is 0 Å². The Morgan fingerprint density at radius 1 is 0.857 bits per heavy atom. The molecule has 0 saturated carbocycles. The van der Waals surface area contributed by atoms with Gasteiger partial charge in [-0.3, -0.25) is 9.71 Å². The summed E-state index contributed by atoms with van der Waals surface area (Å²) in [6.45, 7) is 0.553. The molecule has 0 saturated heterocycles. The number of anilines is 1. The number of nitrogens with one attached hydrogen (secondary N) is 1. The maximum absolute atomic E-state index is 13.9. The SMILES string of the molecule is O=S(=O)(Nc1cccc(C2=NCCc3ccc(F)cc32)c1)c1cc(S(=O)(=O)c2ccccc2)cs1. The number of nitrogens with zero attached hydrogens (tertiary/aromatic N) is 1. The molecule has 0 amide bonds. The van der Waals surface area contributed by atoms with Crippen LogP contribution in [0.1, 0.15) is 16.7 Å². The van der Waals surface area contributed by atoms with E-state index in [4.69, 9.17) is 0 Å². The van der Waals surface area contributed by atoms with E-state index in [0.29, 0.717) is 29.8 Å². The van der Waals surface area contributed by atoms with Crippen molar-refractivity contribution >= 4 is 42.6 Å². The fourth-order valence-electron chi connectivity index (χ4n) is 3.86. The number of hydrogen-bond donors (Lipinski definition) is 1. The molecule has 0 aliphatic carbocycles. The maximum atomic E-state index is 13.9. The first-order chi connectivity index (χ1) is 16.7. The van der Waals surface area contributed by atoms with Crippen LogP contribution < -0.4 is 4.72 Å². The Bertz CT molecular complexity index is 1660. The van der Waals surface area contributed by atoms with Crippen molar-refractivity contribution in [1.29, 1.82) is 0 Å². The molecule has 1 aliphatic rings. The fourth-order valence-corrected chi connectivity index (χ4v) is 7.81. The molecule has 2 heterocycles. The highest BCUT2D eigenvalue weighted by molar-refractivity contribution is 7.95. The molecule has 6 nitrogen and oxygen atoms in total. The molecular formula is C25H19FN2O4S3. The van der Waals surface area contributed by atoms with Crippen LogP contribution in [0.3, 0.4) is 0 Å². The van der Waals surface area contributed by atoms with Gasteiger partial charge in [0.05, 0.1) is 15.5 Å². The van der Waals surface area contributed by atoms with Gasteiger partial charge in [-0.25, -0.2) is 21.2 Å². The van der Waals surface area contributed by atoms with Crippen molar-refractivity contribution in [3.63, 3.8) is 0 Å². The van der Waals surface area contributed by atoms with Crippen molar-refractivity contribution in [1.82, 2.24) is 0 Å². The number of sulfonamides is 1. The second-order valence-electron chi connectivity index (χ2n) is 7.89. The highest BCUT2D eigenvalue weighted by atomic mass is 32.2. The first-order valence-corrected chi connectivity index (χ1v) is 14.4. The average molecular weight is 527 g/mol. The Hall–Kier alpha value is -3.34. The molecule has 0 spiro atoms. The van der Waals surface area contributed by atoms with E-state index in [0.717, 1.165) is 23.0 Å². The van der Waals surface area contributed by atoms with Gasteiger partial charge in [-0.05, 0) is 54.4 Å². The molecule has 1 aliphatic heterocycles.